The average molecular weight is 222 g/mol. The van der Waals surface area contributed by atoms with Crippen molar-refractivity contribution >= 4 is 5.78 Å². The number of fused-ring (bicyclic) bond motifs is 1. The van der Waals surface area contributed by atoms with E-state index in [0.29, 0.717) is 5.78 Å². The third kappa shape index (κ3) is 3.61. The molecule has 0 radical (unpaired) electrons. The van der Waals surface area contributed by atoms with Gasteiger partial charge in [0, 0.05) is 12.8 Å². The molecule has 2 saturated carbocycles. The molecule has 0 spiro atoms. The van der Waals surface area contributed by atoms with E-state index in [9.17, 15) is 4.79 Å². The van der Waals surface area contributed by atoms with Gasteiger partial charge in [-0.3, -0.25) is 4.79 Å². The van der Waals surface area contributed by atoms with E-state index in [-0.39, 0.29) is 0 Å². The Kier molecular flexibility index (Phi) is 4.43. The monoisotopic (exact) mass is 222 g/mol. The van der Waals surface area contributed by atoms with Gasteiger partial charge in [0.1, 0.15) is 5.78 Å². The molecule has 0 heterocycles. The number of rotatable bonds is 7. The standard InChI is InChI=1S/C15H26O/c1-2-3-4-5-15(16)9-7-12-6-8-13-11-14(13)10-12/h12-14H,2-11H2,1H3. The Morgan fingerprint density at radius 1 is 1.06 bits per heavy atom. The molecule has 1 heteroatoms. The maximum atomic E-state index is 11.7. The van der Waals surface area contributed by atoms with Crippen LogP contribution in [0.4, 0.5) is 0 Å². The van der Waals surface area contributed by atoms with Crippen molar-refractivity contribution in [2.45, 2.75) is 71.1 Å². The lowest BCUT2D eigenvalue weighted by atomic mass is 9.85. The first-order chi connectivity index (χ1) is 7.79. The molecule has 2 fully saturated rings. The van der Waals surface area contributed by atoms with Gasteiger partial charge < -0.3 is 0 Å². The molecule has 2 aliphatic rings. The Bertz CT molecular complexity index is 234. The SMILES string of the molecule is CCCCCC(=O)CCC1CCC2CC2C1. The maximum absolute atomic E-state index is 11.7. The molecular weight excluding hydrogens is 196 g/mol. The zero-order valence-electron chi connectivity index (χ0n) is 10.7. The number of hydrogen-bond acceptors (Lipinski definition) is 1. The van der Waals surface area contributed by atoms with E-state index in [2.05, 4.69) is 6.92 Å². The minimum Gasteiger partial charge on any atom is -0.300 e. The van der Waals surface area contributed by atoms with E-state index in [0.717, 1.165) is 37.0 Å². The minimum absolute atomic E-state index is 0.520. The van der Waals surface area contributed by atoms with E-state index < -0.39 is 0 Å². The summed E-state index contributed by atoms with van der Waals surface area (Å²) in [5.41, 5.74) is 0. The van der Waals surface area contributed by atoms with Crippen molar-refractivity contribution in [1.29, 1.82) is 0 Å². The van der Waals surface area contributed by atoms with E-state index in [1.165, 1.54) is 44.9 Å². The Hall–Kier alpha value is -0.330. The summed E-state index contributed by atoms with van der Waals surface area (Å²) in [6, 6.07) is 0. The van der Waals surface area contributed by atoms with Gasteiger partial charge in [-0.15, -0.1) is 0 Å². The molecule has 0 saturated heterocycles. The zero-order valence-corrected chi connectivity index (χ0v) is 10.7. The van der Waals surface area contributed by atoms with E-state index in [1.54, 1.807) is 0 Å². The third-order valence-electron chi connectivity index (χ3n) is 4.54. The van der Waals surface area contributed by atoms with Gasteiger partial charge in [0.2, 0.25) is 0 Å². The van der Waals surface area contributed by atoms with Crippen molar-refractivity contribution in [2.24, 2.45) is 17.8 Å². The van der Waals surface area contributed by atoms with Crippen LogP contribution in [0.5, 0.6) is 0 Å². The number of ketones is 1. The van der Waals surface area contributed by atoms with Crippen molar-refractivity contribution < 1.29 is 4.79 Å². The predicted octanol–water partition coefficient (Wildman–Crippen LogP) is 4.35. The lowest BCUT2D eigenvalue weighted by Crippen LogP contribution is -2.10. The minimum atomic E-state index is 0.520. The second kappa shape index (κ2) is 5.84. The molecule has 0 amide bonds. The van der Waals surface area contributed by atoms with Crippen LogP contribution in [0.15, 0.2) is 0 Å². The van der Waals surface area contributed by atoms with Crippen molar-refractivity contribution in [3.63, 3.8) is 0 Å². The normalized spacial score (nSPS) is 32.2. The Morgan fingerprint density at radius 2 is 1.94 bits per heavy atom. The van der Waals surface area contributed by atoms with Crippen LogP contribution in [0.25, 0.3) is 0 Å². The fourth-order valence-corrected chi connectivity index (χ4v) is 3.27. The molecule has 92 valence electrons. The number of unbranched alkanes of at least 4 members (excludes halogenated alkanes) is 2. The zero-order chi connectivity index (χ0) is 11.4. The van der Waals surface area contributed by atoms with Crippen molar-refractivity contribution in [1.82, 2.24) is 0 Å². The van der Waals surface area contributed by atoms with Crippen LogP contribution < -0.4 is 0 Å². The molecule has 0 aromatic rings. The van der Waals surface area contributed by atoms with Crippen LogP contribution in [0, 0.1) is 17.8 Å². The smallest absolute Gasteiger partial charge is 0.132 e. The largest absolute Gasteiger partial charge is 0.300 e. The summed E-state index contributed by atoms with van der Waals surface area (Å²) in [6.45, 7) is 2.19. The molecule has 0 aromatic carbocycles. The molecular formula is C15H26O. The summed E-state index contributed by atoms with van der Waals surface area (Å²) in [5, 5.41) is 0. The lowest BCUT2D eigenvalue weighted by molar-refractivity contribution is -0.119. The Balaban J connectivity index is 1.54. The summed E-state index contributed by atoms with van der Waals surface area (Å²) in [5.74, 6) is 3.57. The Labute approximate surface area is 100.0 Å². The Morgan fingerprint density at radius 3 is 2.69 bits per heavy atom. The second-order valence-corrected chi connectivity index (χ2v) is 5.97. The topological polar surface area (TPSA) is 17.1 Å². The molecule has 3 atom stereocenters. The van der Waals surface area contributed by atoms with Gasteiger partial charge in [-0.2, -0.15) is 0 Å². The highest BCUT2D eigenvalue weighted by molar-refractivity contribution is 5.78. The van der Waals surface area contributed by atoms with Gasteiger partial charge >= 0.3 is 0 Å². The molecule has 2 aliphatic carbocycles. The second-order valence-electron chi connectivity index (χ2n) is 5.97. The van der Waals surface area contributed by atoms with Crippen molar-refractivity contribution in [3.05, 3.63) is 0 Å². The van der Waals surface area contributed by atoms with Gasteiger partial charge in [0.05, 0.1) is 0 Å². The number of carbonyl (C=O) groups excluding carboxylic acids is 1. The third-order valence-corrected chi connectivity index (χ3v) is 4.54. The lowest BCUT2D eigenvalue weighted by Gasteiger charge is -2.20. The summed E-state index contributed by atoms with van der Waals surface area (Å²) in [6.07, 6.45) is 12.3. The van der Waals surface area contributed by atoms with Crippen molar-refractivity contribution in [3.8, 4) is 0 Å². The summed E-state index contributed by atoms with van der Waals surface area (Å²) in [4.78, 5) is 11.7. The highest BCUT2D eigenvalue weighted by Gasteiger charge is 2.41. The maximum Gasteiger partial charge on any atom is 0.132 e. The number of hydrogen-bond donors (Lipinski definition) is 0. The van der Waals surface area contributed by atoms with Crippen molar-refractivity contribution in [2.75, 3.05) is 0 Å². The summed E-state index contributed by atoms with van der Waals surface area (Å²) in [7, 11) is 0. The quantitative estimate of drug-likeness (QED) is 0.585. The molecule has 1 nitrogen and oxygen atoms in total. The summed E-state index contributed by atoms with van der Waals surface area (Å²) < 4.78 is 0. The fourth-order valence-electron chi connectivity index (χ4n) is 3.27. The van der Waals surface area contributed by atoms with Crippen LogP contribution in [-0.4, -0.2) is 5.78 Å². The molecule has 0 bridgehead atoms. The predicted molar refractivity (Wildman–Crippen MR) is 67.3 cm³/mol. The first-order valence-corrected chi connectivity index (χ1v) is 7.31. The van der Waals surface area contributed by atoms with E-state index in [4.69, 9.17) is 0 Å². The van der Waals surface area contributed by atoms with Gasteiger partial charge in [0.15, 0.2) is 0 Å². The first kappa shape index (κ1) is 12.1. The van der Waals surface area contributed by atoms with E-state index >= 15 is 0 Å². The van der Waals surface area contributed by atoms with Crippen LogP contribution in [0.1, 0.15) is 71.1 Å². The van der Waals surface area contributed by atoms with Crippen LogP contribution in [0.3, 0.4) is 0 Å². The van der Waals surface area contributed by atoms with Gasteiger partial charge in [-0.05, 0) is 49.9 Å². The van der Waals surface area contributed by atoms with Gasteiger partial charge in [-0.25, -0.2) is 0 Å². The van der Waals surface area contributed by atoms with Crippen LogP contribution in [0.2, 0.25) is 0 Å². The molecule has 0 N–H and O–H groups in total. The molecule has 2 rings (SSSR count). The summed E-state index contributed by atoms with van der Waals surface area (Å²) >= 11 is 0. The van der Waals surface area contributed by atoms with E-state index in [1.807, 2.05) is 0 Å². The van der Waals surface area contributed by atoms with Gasteiger partial charge in [0.25, 0.3) is 0 Å². The molecule has 0 aromatic heterocycles. The van der Waals surface area contributed by atoms with Gasteiger partial charge in [-0.1, -0.05) is 26.2 Å². The molecule has 3 unspecified atom stereocenters. The highest BCUT2D eigenvalue weighted by atomic mass is 16.1. The first-order valence-electron chi connectivity index (χ1n) is 7.31. The highest BCUT2D eigenvalue weighted by Crippen LogP contribution is 2.52. The fraction of sp³-hybridized carbons (Fsp3) is 0.933. The number of Topliss-reactive ketones (excluding diaryl/α,β-unsaturated/α-hetero) is 1. The molecule has 0 aliphatic heterocycles. The van der Waals surface area contributed by atoms with Crippen LogP contribution >= 0.6 is 0 Å². The average Bonchev–Trinajstić information content (AvgIpc) is 3.05. The molecule has 16 heavy (non-hydrogen) atoms. The number of carbonyl (C=O) groups is 1. The van der Waals surface area contributed by atoms with Crippen LogP contribution in [-0.2, 0) is 4.79 Å².